The number of carbonyl (C=O) groups is 2. The molecule has 5 heteroatoms. The average molecular weight is 402 g/mol. The molecule has 2 atom stereocenters. The van der Waals surface area contributed by atoms with Gasteiger partial charge in [-0.25, -0.2) is 0 Å². The molecule has 5 nitrogen and oxygen atoms in total. The van der Waals surface area contributed by atoms with E-state index in [0.29, 0.717) is 12.1 Å². The number of ketones is 1. The fraction of sp³-hybridized carbons (Fsp3) is 0.200. The highest BCUT2D eigenvalue weighted by Gasteiger charge is 2.21. The highest BCUT2D eigenvalue weighted by molar-refractivity contribution is 5.97. The SMILES string of the molecule is CC(c1ccc(-c2cccc(CNCC(=O)c3ccccc3)c2)cc1)C(N)C(=O)O. The monoisotopic (exact) mass is 402 g/mol. The first kappa shape index (κ1) is 21.4. The smallest absolute Gasteiger partial charge is 0.321 e. The summed E-state index contributed by atoms with van der Waals surface area (Å²) >= 11 is 0. The lowest BCUT2D eigenvalue weighted by molar-refractivity contribution is -0.139. The lowest BCUT2D eigenvalue weighted by Gasteiger charge is -2.16. The van der Waals surface area contributed by atoms with E-state index in [9.17, 15) is 9.59 Å². The molecule has 2 unspecified atom stereocenters. The average Bonchev–Trinajstić information content (AvgIpc) is 2.79. The number of carboxylic acids is 1. The molecule has 3 aromatic rings. The van der Waals surface area contributed by atoms with Gasteiger partial charge in [-0.15, -0.1) is 0 Å². The lowest BCUT2D eigenvalue weighted by Crippen LogP contribution is -2.35. The fourth-order valence-corrected chi connectivity index (χ4v) is 3.31. The number of aliphatic carboxylic acids is 1. The summed E-state index contributed by atoms with van der Waals surface area (Å²) in [4.78, 5) is 23.3. The number of benzene rings is 3. The van der Waals surface area contributed by atoms with Crippen LogP contribution in [0.2, 0.25) is 0 Å². The largest absolute Gasteiger partial charge is 0.480 e. The summed E-state index contributed by atoms with van der Waals surface area (Å²) in [6.45, 7) is 2.69. The Labute approximate surface area is 176 Å². The molecule has 3 rings (SSSR count). The van der Waals surface area contributed by atoms with Crippen molar-refractivity contribution in [1.29, 1.82) is 0 Å². The topological polar surface area (TPSA) is 92.4 Å². The predicted octanol–water partition coefficient (Wildman–Crippen LogP) is 3.84. The summed E-state index contributed by atoms with van der Waals surface area (Å²) in [5, 5.41) is 12.3. The number of carboxylic acid groups (broad SMARTS) is 1. The predicted molar refractivity (Wildman–Crippen MR) is 118 cm³/mol. The first-order chi connectivity index (χ1) is 14.5. The number of carbonyl (C=O) groups excluding carboxylic acids is 1. The van der Waals surface area contributed by atoms with Crippen LogP contribution >= 0.6 is 0 Å². The minimum Gasteiger partial charge on any atom is -0.480 e. The van der Waals surface area contributed by atoms with Gasteiger partial charge < -0.3 is 16.2 Å². The summed E-state index contributed by atoms with van der Waals surface area (Å²) in [6.07, 6.45) is 0. The Hall–Kier alpha value is -3.28. The molecule has 0 saturated heterocycles. The van der Waals surface area contributed by atoms with Crippen molar-refractivity contribution in [2.75, 3.05) is 6.54 Å². The Morgan fingerprint density at radius 1 is 0.933 bits per heavy atom. The van der Waals surface area contributed by atoms with Gasteiger partial charge >= 0.3 is 5.97 Å². The van der Waals surface area contributed by atoms with E-state index in [1.807, 2.05) is 79.7 Å². The van der Waals surface area contributed by atoms with Crippen LogP contribution in [0.4, 0.5) is 0 Å². The van der Waals surface area contributed by atoms with Gasteiger partial charge in [0.1, 0.15) is 6.04 Å². The third-order valence-corrected chi connectivity index (χ3v) is 5.23. The maximum absolute atomic E-state index is 12.2. The minimum absolute atomic E-state index is 0.0658. The molecule has 0 amide bonds. The number of nitrogens with one attached hydrogen (secondary N) is 1. The molecular formula is C25H26N2O3. The van der Waals surface area contributed by atoms with E-state index in [-0.39, 0.29) is 18.2 Å². The molecule has 3 aromatic carbocycles. The van der Waals surface area contributed by atoms with Crippen molar-refractivity contribution in [2.45, 2.75) is 25.4 Å². The molecule has 4 N–H and O–H groups in total. The molecule has 0 saturated carbocycles. The molecule has 0 aromatic heterocycles. The van der Waals surface area contributed by atoms with Crippen LogP contribution in [-0.2, 0) is 11.3 Å². The maximum atomic E-state index is 12.2. The summed E-state index contributed by atoms with van der Waals surface area (Å²) < 4.78 is 0. The fourth-order valence-electron chi connectivity index (χ4n) is 3.31. The van der Waals surface area contributed by atoms with Crippen LogP contribution in [0, 0.1) is 0 Å². The first-order valence-corrected chi connectivity index (χ1v) is 9.92. The minimum atomic E-state index is -1.00. The van der Waals surface area contributed by atoms with Crippen LogP contribution in [0.3, 0.4) is 0 Å². The van der Waals surface area contributed by atoms with Gasteiger partial charge in [0, 0.05) is 18.0 Å². The Kier molecular flexibility index (Phi) is 7.12. The first-order valence-electron chi connectivity index (χ1n) is 9.92. The third kappa shape index (κ3) is 5.41. The zero-order valence-electron chi connectivity index (χ0n) is 16.9. The molecule has 0 bridgehead atoms. The van der Waals surface area contributed by atoms with Crippen LogP contribution < -0.4 is 11.1 Å². The van der Waals surface area contributed by atoms with Crippen LogP contribution in [0.25, 0.3) is 11.1 Å². The number of Topliss-reactive ketones (excluding diaryl/α,β-unsaturated/α-hetero) is 1. The van der Waals surface area contributed by atoms with E-state index in [2.05, 4.69) is 11.4 Å². The van der Waals surface area contributed by atoms with E-state index in [1.165, 1.54) is 0 Å². The second-order valence-corrected chi connectivity index (χ2v) is 7.37. The summed E-state index contributed by atoms with van der Waals surface area (Å²) in [6, 6.07) is 24.2. The Morgan fingerprint density at radius 3 is 2.30 bits per heavy atom. The standard InChI is InChI=1S/C25H26N2O3/c1-17(24(26)25(29)30)19-10-12-20(13-11-19)22-9-5-6-18(14-22)15-27-16-23(28)21-7-3-2-4-8-21/h2-14,17,24,27H,15-16,26H2,1H3,(H,29,30). The van der Waals surface area contributed by atoms with Gasteiger partial charge in [0.2, 0.25) is 0 Å². The second kappa shape index (κ2) is 9.96. The third-order valence-electron chi connectivity index (χ3n) is 5.23. The van der Waals surface area contributed by atoms with Crippen molar-refractivity contribution in [1.82, 2.24) is 5.32 Å². The molecule has 0 spiro atoms. The second-order valence-electron chi connectivity index (χ2n) is 7.37. The molecule has 154 valence electrons. The van der Waals surface area contributed by atoms with Gasteiger partial charge in [0.15, 0.2) is 5.78 Å². The van der Waals surface area contributed by atoms with Gasteiger partial charge in [-0.3, -0.25) is 9.59 Å². The van der Waals surface area contributed by atoms with Crippen LogP contribution in [0.5, 0.6) is 0 Å². The van der Waals surface area contributed by atoms with Crippen molar-refractivity contribution in [3.05, 3.63) is 95.6 Å². The van der Waals surface area contributed by atoms with Crippen LogP contribution in [0.15, 0.2) is 78.9 Å². The van der Waals surface area contributed by atoms with Gasteiger partial charge in [-0.05, 0) is 28.3 Å². The number of hydrogen-bond acceptors (Lipinski definition) is 4. The molecule has 0 fully saturated rings. The van der Waals surface area contributed by atoms with Gasteiger partial charge in [-0.2, -0.15) is 0 Å². The molecule has 0 radical (unpaired) electrons. The lowest BCUT2D eigenvalue weighted by atomic mass is 9.92. The molecule has 0 aliphatic heterocycles. The molecule has 0 heterocycles. The van der Waals surface area contributed by atoms with E-state index in [0.717, 1.165) is 22.3 Å². The van der Waals surface area contributed by atoms with Crippen molar-refractivity contribution in [3.8, 4) is 11.1 Å². The normalized spacial score (nSPS) is 12.9. The van der Waals surface area contributed by atoms with Gasteiger partial charge in [-0.1, -0.05) is 79.7 Å². The highest BCUT2D eigenvalue weighted by Crippen LogP contribution is 2.25. The van der Waals surface area contributed by atoms with E-state index in [4.69, 9.17) is 10.8 Å². The van der Waals surface area contributed by atoms with E-state index < -0.39 is 12.0 Å². The van der Waals surface area contributed by atoms with Gasteiger partial charge in [0.05, 0.1) is 6.54 Å². The van der Waals surface area contributed by atoms with Crippen molar-refractivity contribution in [2.24, 2.45) is 5.73 Å². The zero-order valence-corrected chi connectivity index (χ0v) is 16.9. The number of nitrogens with two attached hydrogens (primary N) is 1. The van der Waals surface area contributed by atoms with Crippen molar-refractivity contribution < 1.29 is 14.7 Å². The van der Waals surface area contributed by atoms with E-state index >= 15 is 0 Å². The van der Waals surface area contributed by atoms with Gasteiger partial charge in [0.25, 0.3) is 0 Å². The Bertz CT molecular complexity index is 1000. The molecular weight excluding hydrogens is 376 g/mol. The number of hydrogen-bond donors (Lipinski definition) is 3. The molecule has 0 aliphatic rings. The Balaban J connectivity index is 1.62. The van der Waals surface area contributed by atoms with Crippen LogP contribution in [-0.4, -0.2) is 29.4 Å². The zero-order chi connectivity index (χ0) is 21.5. The molecule has 0 aliphatic carbocycles. The summed E-state index contributed by atoms with van der Waals surface area (Å²) in [5.41, 5.74) is 10.5. The maximum Gasteiger partial charge on any atom is 0.321 e. The number of rotatable bonds is 9. The highest BCUT2D eigenvalue weighted by atomic mass is 16.4. The van der Waals surface area contributed by atoms with Crippen molar-refractivity contribution in [3.63, 3.8) is 0 Å². The molecule has 30 heavy (non-hydrogen) atoms. The van der Waals surface area contributed by atoms with Crippen molar-refractivity contribution >= 4 is 11.8 Å². The summed E-state index contributed by atoms with van der Waals surface area (Å²) in [5.74, 6) is -1.21. The Morgan fingerprint density at radius 2 is 1.63 bits per heavy atom. The van der Waals surface area contributed by atoms with Crippen LogP contribution in [0.1, 0.15) is 34.3 Å². The summed E-state index contributed by atoms with van der Waals surface area (Å²) in [7, 11) is 0. The van der Waals surface area contributed by atoms with E-state index in [1.54, 1.807) is 0 Å². The quantitative estimate of drug-likeness (QED) is 0.473.